The van der Waals surface area contributed by atoms with Gasteiger partial charge in [-0.2, -0.15) is 0 Å². The molecular weight excluding hydrogens is 412 g/mol. The Kier molecular flexibility index (Phi) is 6.11. The second-order valence-electron chi connectivity index (χ2n) is 6.24. The van der Waals surface area contributed by atoms with Gasteiger partial charge in [-0.15, -0.1) is 0 Å². The first-order chi connectivity index (χ1) is 13.7. The summed E-state index contributed by atoms with van der Waals surface area (Å²) in [5, 5.41) is 1.75. The van der Waals surface area contributed by atoms with Crippen molar-refractivity contribution in [3.8, 4) is 5.75 Å². The minimum Gasteiger partial charge on any atom is -0.744 e. The summed E-state index contributed by atoms with van der Waals surface area (Å²) in [6.45, 7) is 1.82. The normalized spacial score (nSPS) is 11.3. The Hall–Kier alpha value is -2.62. The number of para-hydroxylation sites is 1. The molecule has 29 heavy (non-hydrogen) atoms. The van der Waals surface area contributed by atoms with Gasteiger partial charge in [0.15, 0.2) is 11.3 Å². The molecule has 0 aliphatic rings. The fourth-order valence-electron chi connectivity index (χ4n) is 2.86. The zero-order chi connectivity index (χ0) is 21.2. The number of oxazole rings is 1. The Labute approximate surface area is 173 Å². The molecule has 4 aromatic rings. The second kappa shape index (κ2) is 8.40. The highest BCUT2D eigenvalue weighted by molar-refractivity contribution is 7.98. The minimum atomic E-state index is -4.27. The van der Waals surface area contributed by atoms with Gasteiger partial charge >= 0.3 is 10.9 Å². The zero-order valence-electron chi connectivity index (χ0n) is 16.4. The van der Waals surface area contributed by atoms with Crippen molar-refractivity contribution in [2.24, 2.45) is 7.05 Å². The topological polar surface area (TPSA) is 96.3 Å². The molecule has 0 radical (unpaired) electrons. The number of nitrogens with zero attached hydrogens (tertiary/aromatic N) is 2. The maximum atomic E-state index is 10.4. The van der Waals surface area contributed by atoms with Crippen LogP contribution in [0.3, 0.4) is 0 Å². The van der Waals surface area contributed by atoms with E-state index in [1.807, 2.05) is 49.1 Å². The highest BCUT2D eigenvalue weighted by Gasteiger charge is 2.21. The summed E-state index contributed by atoms with van der Waals surface area (Å²) in [7, 11) is -0.622. The van der Waals surface area contributed by atoms with Crippen LogP contribution in [0.25, 0.3) is 22.1 Å². The van der Waals surface area contributed by atoms with Gasteiger partial charge in [-0.3, -0.25) is 0 Å². The number of aromatic nitrogens is 2. The summed E-state index contributed by atoms with van der Waals surface area (Å²) in [4.78, 5) is 4.28. The third-order valence-electron chi connectivity index (χ3n) is 4.29. The van der Waals surface area contributed by atoms with Crippen molar-refractivity contribution in [2.75, 3.05) is 13.4 Å². The Morgan fingerprint density at radius 3 is 2.45 bits per heavy atom. The van der Waals surface area contributed by atoms with Crippen molar-refractivity contribution >= 4 is 44.0 Å². The Morgan fingerprint density at radius 1 is 1.17 bits per heavy atom. The largest absolute Gasteiger partial charge is 0.744 e. The van der Waals surface area contributed by atoms with Crippen LogP contribution in [0, 0.1) is 6.92 Å². The molecule has 152 valence electrons. The van der Waals surface area contributed by atoms with Gasteiger partial charge < -0.3 is 13.7 Å². The molecule has 0 aliphatic carbocycles. The Morgan fingerprint density at radius 2 is 1.86 bits per heavy atom. The summed E-state index contributed by atoms with van der Waals surface area (Å²) < 4.78 is 44.2. The highest BCUT2D eigenvalue weighted by atomic mass is 32.2. The van der Waals surface area contributed by atoms with E-state index in [4.69, 9.17) is 9.15 Å². The van der Waals surface area contributed by atoms with E-state index in [1.165, 1.54) is 23.9 Å². The monoisotopic (exact) mass is 432 g/mol. The number of hydrogen-bond acceptors (Lipinski definition) is 7. The van der Waals surface area contributed by atoms with Gasteiger partial charge in [-0.05, 0) is 43.1 Å². The van der Waals surface area contributed by atoms with Crippen LogP contribution in [0.15, 0.2) is 63.1 Å². The van der Waals surface area contributed by atoms with Crippen LogP contribution < -0.4 is 9.30 Å². The molecule has 0 fully saturated rings. The molecule has 7 nitrogen and oxygen atoms in total. The van der Waals surface area contributed by atoms with E-state index in [-0.39, 0.29) is 4.90 Å². The van der Waals surface area contributed by atoms with Gasteiger partial charge in [0, 0.05) is 16.4 Å². The van der Waals surface area contributed by atoms with E-state index in [9.17, 15) is 13.0 Å². The maximum absolute atomic E-state index is 10.4. The summed E-state index contributed by atoms with van der Waals surface area (Å²) in [5.74, 6) is 0.839. The molecule has 0 spiro atoms. The van der Waals surface area contributed by atoms with E-state index in [0.717, 1.165) is 33.4 Å². The number of rotatable bonds is 3. The lowest BCUT2D eigenvalue weighted by molar-refractivity contribution is -0.620. The number of pyridine rings is 1. The number of benzene rings is 2. The molecule has 0 unspecified atom stereocenters. The lowest BCUT2D eigenvalue weighted by atomic mass is 10.2. The summed E-state index contributed by atoms with van der Waals surface area (Å²) in [6, 6.07) is 13.7. The van der Waals surface area contributed by atoms with E-state index >= 15 is 0 Å². The number of ether oxygens (including phenoxy) is 1. The molecule has 4 rings (SSSR count). The highest BCUT2D eigenvalue weighted by Crippen LogP contribution is 2.27. The van der Waals surface area contributed by atoms with Gasteiger partial charge in [-0.1, -0.05) is 29.8 Å². The number of methoxy groups -OCH3 is 1. The van der Waals surface area contributed by atoms with Crippen LogP contribution in [0.1, 0.15) is 5.56 Å². The fraction of sp³-hybridized carbons (Fsp3) is 0.200. The standard InChI is InChI=1S/C13H13N2O2S.C7H8O3S/c1-15-11-8(5-4-6-9(11)16-2)7-10-12(15)14-13(17-10)18-3;1-6-2-4-7(5-3-6)11(8,9)10/h4-7H,1-3H3;2-5H,1H3,(H,8,9,10)/q+1;/p-1. The molecule has 0 bridgehead atoms. The first-order valence-electron chi connectivity index (χ1n) is 8.57. The van der Waals surface area contributed by atoms with Crippen molar-refractivity contribution < 1.29 is 26.7 Å². The van der Waals surface area contributed by atoms with Gasteiger partial charge in [0.25, 0.3) is 0 Å². The summed E-state index contributed by atoms with van der Waals surface area (Å²) in [6.07, 6.45) is 1.95. The number of fused-ring (bicyclic) bond motifs is 2. The van der Waals surface area contributed by atoms with Gasteiger partial charge in [0.1, 0.15) is 10.1 Å². The predicted octanol–water partition coefficient (Wildman–Crippen LogP) is 3.44. The molecule has 9 heteroatoms. The molecule has 0 amide bonds. The quantitative estimate of drug-likeness (QED) is 0.278. The first-order valence-corrected chi connectivity index (χ1v) is 11.2. The average molecular weight is 433 g/mol. The second-order valence-corrected chi connectivity index (χ2v) is 8.38. The van der Waals surface area contributed by atoms with Gasteiger partial charge in [0.2, 0.25) is 5.58 Å². The summed E-state index contributed by atoms with van der Waals surface area (Å²) >= 11 is 1.50. The van der Waals surface area contributed by atoms with Gasteiger partial charge in [0.05, 0.1) is 19.1 Å². The summed E-state index contributed by atoms with van der Waals surface area (Å²) in [5.41, 5.74) is 3.57. The van der Waals surface area contributed by atoms with E-state index in [2.05, 4.69) is 4.98 Å². The lowest BCUT2D eigenvalue weighted by Crippen LogP contribution is -2.30. The number of hydrogen-bond donors (Lipinski definition) is 0. The molecule has 0 atom stereocenters. The molecule has 0 saturated carbocycles. The molecule has 0 N–H and O–H groups in total. The number of thioether (sulfide) groups is 1. The minimum absolute atomic E-state index is 0.178. The molecule has 0 aliphatic heterocycles. The van der Waals surface area contributed by atoms with Crippen molar-refractivity contribution in [3.05, 3.63) is 54.1 Å². The van der Waals surface area contributed by atoms with Crippen LogP contribution in [-0.4, -0.2) is 31.3 Å². The smallest absolute Gasteiger partial charge is 0.371 e. The van der Waals surface area contributed by atoms with Crippen molar-refractivity contribution in [1.29, 1.82) is 0 Å². The van der Waals surface area contributed by atoms with E-state index < -0.39 is 10.1 Å². The zero-order valence-corrected chi connectivity index (χ0v) is 18.0. The van der Waals surface area contributed by atoms with Crippen molar-refractivity contribution in [1.82, 2.24) is 4.98 Å². The molecule has 2 heterocycles. The van der Waals surface area contributed by atoms with Crippen LogP contribution in [0.4, 0.5) is 0 Å². The number of aryl methyl sites for hydroxylation is 2. The third-order valence-corrected chi connectivity index (χ3v) is 5.66. The SMILES string of the molecule is COc1cccc2cc3oc(SC)nc3[n+](C)c12.Cc1ccc(S(=O)(=O)[O-])cc1. The van der Waals surface area contributed by atoms with E-state index in [1.54, 1.807) is 19.2 Å². The Bertz CT molecular complexity index is 1270. The van der Waals surface area contributed by atoms with Gasteiger partial charge in [-0.25, -0.2) is 13.0 Å². The van der Waals surface area contributed by atoms with Crippen LogP contribution in [-0.2, 0) is 17.2 Å². The fourth-order valence-corrected chi connectivity index (χ4v) is 3.68. The van der Waals surface area contributed by atoms with Crippen LogP contribution >= 0.6 is 11.8 Å². The molecule has 2 aromatic carbocycles. The van der Waals surface area contributed by atoms with E-state index in [0.29, 0.717) is 5.22 Å². The average Bonchev–Trinajstić information content (AvgIpc) is 3.11. The van der Waals surface area contributed by atoms with Crippen molar-refractivity contribution in [2.45, 2.75) is 17.0 Å². The van der Waals surface area contributed by atoms with Crippen LogP contribution in [0.2, 0.25) is 0 Å². The molecule has 0 saturated heterocycles. The molecule has 2 aromatic heterocycles. The predicted molar refractivity (Wildman–Crippen MR) is 110 cm³/mol. The lowest BCUT2D eigenvalue weighted by Gasteiger charge is -2.05. The first kappa shape index (κ1) is 21.1. The maximum Gasteiger partial charge on any atom is 0.371 e. The Balaban J connectivity index is 0.000000188. The van der Waals surface area contributed by atoms with Crippen LogP contribution in [0.5, 0.6) is 5.75 Å². The molecular formula is C20H20N2O5S2. The third kappa shape index (κ3) is 4.52. The van der Waals surface area contributed by atoms with Crippen molar-refractivity contribution in [3.63, 3.8) is 0 Å².